The van der Waals surface area contributed by atoms with Gasteiger partial charge in [-0.05, 0) is 0 Å². The summed E-state index contributed by atoms with van der Waals surface area (Å²) in [6.07, 6.45) is 0. The molecule has 0 bridgehead atoms. The number of hydrogen-bond acceptors (Lipinski definition) is 1. The van der Waals surface area contributed by atoms with Crippen LogP contribution in [0.2, 0.25) is 0 Å². The van der Waals surface area contributed by atoms with Crippen LogP contribution >= 0.6 is 37.2 Å². The smallest absolute Gasteiger partial charge is 0.147 e. The molecule has 5 heteroatoms. The van der Waals surface area contributed by atoms with Crippen molar-refractivity contribution in [2.24, 2.45) is 4.99 Å². The SMILES string of the molecule is CC1=C2C(=Nc3ccc(C)cc32)c2cc(C(C)(C)C)c[c]([Zr])c21.Cl.Cl.Cl. The van der Waals surface area contributed by atoms with Gasteiger partial charge in [0.15, 0.2) is 0 Å². The normalized spacial score (nSPS) is 13.6. The maximum atomic E-state index is 4.98. The van der Waals surface area contributed by atoms with Gasteiger partial charge in [-0.25, -0.2) is 0 Å². The zero-order valence-corrected chi connectivity index (χ0v) is 20.5. The first-order chi connectivity index (χ1) is 10.8. The van der Waals surface area contributed by atoms with E-state index in [0.717, 1.165) is 5.69 Å². The van der Waals surface area contributed by atoms with Crippen molar-refractivity contribution in [2.75, 3.05) is 0 Å². The molecular weight excluding hydrogens is 464 g/mol. The van der Waals surface area contributed by atoms with E-state index in [1.807, 2.05) is 0 Å². The number of nitrogens with zero attached hydrogens (tertiary/aromatic N) is 1. The number of rotatable bonds is 0. The molecule has 0 saturated carbocycles. The van der Waals surface area contributed by atoms with Crippen LogP contribution in [0.5, 0.6) is 0 Å². The predicted octanol–water partition coefficient (Wildman–Crippen LogP) is 6.11. The van der Waals surface area contributed by atoms with Crippen molar-refractivity contribution in [3.63, 3.8) is 0 Å². The Bertz CT molecular complexity index is 937. The molecular formula is C21H23Cl3NZr. The van der Waals surface area contributed by atoms with Gasteiger partial charge in [-0.2, -0.15) is 0 Å². The van der Waals surface area contributed by atoms with Crippen LogP contribution in [-0.4, -0.2) is 5.71 Å². The first-order valence-corrected chi connectivity index (χ1v) is 9.32. The van der Waals surface area contributed by atoms with Crippen LogP contribution in [0, 0.1) is 6.92 Å². The van der Waals surface area contributed by atoms with Gasteiger partial charge in [0.2, 0.25) is 0 Å². The van der Waals surface area contributed by atoms with Crippen LogP contribution in [0.1, 0.15) is 55.5 Å². The first-order valence-electron chi connectivity index (χ1n) is 8.09. The Kier molecular flexibility index (Phi) is 7.20. The summed E-state index contributed by atoms with van der Waals surface area (Å²) in [4.78, 5) is 4.98. The van der Waals surface area contributed by atoms with Gasteiger partial charge < -0.3 is 0 Å². The molecule has 1 heterocycles. The Morgan fingerprint density at radius 1 is 0.885 bits per heavy atom. The summed E-state index contributed by atoms with van der Waals surface area (Å²) in [6, 6.07) is 11.4. The molecule has 4 rings (SSSR count). The molecule has 2 aromatic rings. The maximum absolute atomic E-state index is 4.98. The summed E-state index contributed by atoms with van der Waals surface area (Å²) in [7, 11) is 0. The summed E-state index contributed by atoms with van der Waals surface area (Å²) in [5.74, 6) is 0. The Balaban J connectivity index is 0.00000113. The van der Waals surface area contributed by atoms with Crippen molar-refractivity contribution in [3.05, 3.63) is 58.1 Å². The third-order valence-corrected chi connectivity index (χ3v) is 5.87. The Morgan fingerprint density at radius 2 is 1.54 bits per heavy atom. The average molecular weight is 487 g/mol. The minimum atomic E-state index is 0. The van der Waals surface area contributed by atoms with Crippen molar-refractivity contribution in [2.45, 2.75) is 40.0 Å². The fraction of sp³-hybridized carbons (Fsp3) is 0.286. The largest absolute Gasteiger partial charge is 0.147 e. The van der Waals surface area contributed by atoms with E-state index in [9.17, 15) is 0 Å². The summed E-state index contributed by atoms with van der Waals surface area (Å²) in [5.41, 5.74) is 12.0. The van der Waals surface area contributed by atoms with Crippen molar-refractivity contribution in [1.82, 2.24) is 0 Å². The fourth-order valence-corrected chi connectivity index (χ4v) is 4.79. The molecule has 1 aliphatic carbocycles. The molecule has 1 aliphatic heterocycles. The van der Waals surface area contributed by atoms with E-state index in [4.69, 9.17) is 4.99 Å². The summed E-state index contributed by atoms with van der Waals surface area (Å²) in [5, 5.41) is 0. The second-order valence-electron chi connectivity index (χ2n) is 7.68. The summed E-state index contributed by atoms with van der Waals surface area (Å²) < 4.78 is 1.45. The number of hydrogen-bond donors (Lipinski definition) is 0. The molecule has 137 valence electrons. The fourth-order valence-electron chi connectivity index (χ4n) is 3.62. The van der Waals surface area contributed by atoms with Crippen molar-refractivity contribution >= 4 is 63.0 Å². The van der Waals surface area contributed by atoms with E-state index in [0.29, 0.717) is 0 Å². The molecule has 0 radical (unpaired) electrons. The third kappa shape index (κ3) is 3.51. The van der Waals surface area contributed by atoms with Gasteiger partial charge in [0, 0.05) is 0 Å². The Hall–Kier alpha value is -0.397. The third-order valence-electron chi connectivity index (χ3n) is 4.90. The van der Waals surface area contributed by atoms with Crippen molar-refractivity contribution in [3.8, 4) is 0 Å². The zero-order valence-electron chi connectivity index (χ0n) is 15.6. The van der Waals surface area contributed by atoms with Gasteiger partial charge in [0.25, 0.3) is 0 Å². The summed E-state index contributed by atoms with van der Waals surface area (Å²) >= 11 is 1.48. The van der Waals surface area contributed by atoms with Crippen LogP contribution < -0.4 is 3.27 Å². The van der Waals surface area contributed by atoms with E-state index >= 15 is 0 Å². The van der Waals surface area contributed by atoms with Crippen molar-refractivity contribution in [1.29, 1.82) is 0 Å². The second-order valence-corrected chi connectivity index (χ2v) is 9.00. The minimum absolute atomic E-state index is 0. The molecule has 26 heavy (non-hydrogen) atoms. The number of aliphatic imine (C=N–C) groups is 1. The molecule has 0 amide bonds. The van der Waals surface area contributed by atoms with E-state index < -0.39 is 0 Å². The van der Waals surface area contributed by atoms with E-state index in [1.54, 1.807) is 0 Å². The average Bonchev–Trinajstić information content (AvgIpc) is 2.95. The number of fused-ring (bicyclic) bond motifs is 5. The molecule has 0 fully saturated rings. The summed E-state index contributed by atoms with van der Waals surface area (Å²) in [6.45, 7) is 11.3. The van der Waals surface area contributed by atoms with Crippen molar-refractivity contribution < 1.29 is 24.7 Å². The topological polar surface area (TPSA) is 12.4 Å². The molecule has 0 aromatic heterocycles. The number of halogens is 3. The quantitative estimate of drug-likeness (QED) is 0.426. The zero-order chi connectivity index (χ0) is 16.5. The van der Waals surface area contributed by atoms with E-state index in [1.165, 1.54) is 72.7 Å². The molecule has 1 nitrogen and oxygen atoms in total. The van der Waals surface area contributed by atoms with E-state index in [-0.39, 0.29) is 42.6 Å². The predicted molar refractivity (Wildman–Crippen MR) is 116 cm³/mol. The number of allylic oxidation sites excluding steroid dienone is 2. The monoisotopic (exact) mass is 484 g/mol. The first kappa shape index (κ1) is 23.6. The van der Waals surface area contributed by atoms with Crippen LogP contribution in [0.4, 0.5) is 5.69 Å². The molecule has 0 atom stereocenters. The molecule has 0 saturated heterocycles. The van der Waals surface area contributed by atoms with Gasteiger partial charge in [-0.3, -0.25) is 0 Å². The van der Waals surface area contributed by atoms with Crippen LogP contribution in [-0.2, 0) is 30.1 Å². The molecule has 0 N–H and O–H groups in total. The Morgan fingerprint density at radius 3 is 2.15 bits per heavy atom. The van der Waals surface area contributed by atoms with Gasteiger partial charge in [-0.1, -0.05) is 0 Å². The van der Waals surface area contributed by atoms with Crippen LogP contribution in [0.25, 0.3) is 11.1 Å². The second kappa shape index (κ2) is 7.92. The van der Waals surface area contributed by atoms with Gasteiger partial charge in [0.05, 0.1) is 0 Å². The maximum Gasteiger partial charge on any atom is -0.147 e. The molecule has 2 aromatic carbocycles. The molecule has 2 aliphatic rings. The Labute approximate surface area is 189 Å². The minimum Gasteiger partial charge on any atom is -0.147 e. The number of benzene rings is 2. The van der Waals surface area contributed by atoms with Crippen LogP contribution in [0.15, 0.2) is 35.3 Å². The molecule has 0 spiro atoms. The van der Waals surface area contributed by atoms with E-state index in [2.05, 4.69) is 65.0 Å². The van der Waals surface area contributed by atoms with Gasteiger partial charge in [-0.15, -0.1) is 37.2 Å². The van der Waals surface area contributed by atoms with Crippen LogP contribution in [0.3, 0.4) is 0 Å². The van der Waals surface area contributed by atoms with Gasteiger partial charge in [0.1, 0.15) is 0 Å². The molecule has 0 unspecified atom stereocenters. The van der Waals surface area contributed by atoms with Gasteiger partial charge >= 0.3 is 154 Å². The number of aryl methyl sites for hydroxylation is 1. The standard InChI is InChI=1S/C21H20N.3ClH.Zr/c1-12-6-9-18-17(10-12)19-13(2)15-8-7-14(21(3,4)5)11-16(15)20(19)22-18;;;;/h6-7,9-11H,1-5H3;3*1H;.